The quantitative estimate of drug-likeness (QED) is 0.843. The summed E-state index contributed by atoms with van der Waals surface area (Å²) in [5.41, 5.74) is 0.771. The molecule has 2 aliphatic rings. The molecule has 1 atom stereocenters. The van der Waals surface area contributed by atoms with Crippen LogP contribution < -0.4 is 5.32 Å². The van der Waals surface area contributed by atoms with Crippen LogP contribution in [0.25, 0.3) is 0 Å². The van der Waals surface area contributed by atoms with Crippen LogP contribution in [-0.2, 0) is 27.3 Å². The molecule has 2 amide bonds. The zero-order valence-corrected chi connectivity index (χ0v) is 14.5. The fourth-order valence-corrected chi connectivity index (χ4v) is 3.24. The first-order valence-corrected chi connectivity index (χ1v) is 8.81. The second-order valence-corrected chi connectivity index (χ2v) is 6.56. The first kappa shape index (κ1) is 17.0. The highest BCUT2D eigenvalue weighted by Gasteiger charge is 2.30. The van der Waals surface area contributed by atoms with Crippen molar-refractivity contribution in [2.45, 2.75) is 58.2 Å². The van der Waals surface area contributed by atoms with Gasteiger partial charge in [-0.3, -0.25) is 9.59 Å². The number of ether oxygens (including phenoxy) is 1. The maximum atomic E-state index is 12.2. The van der Waals surface area contributed by atoms with Crippen LogP contribution in [0.5, 0.6) is 0 Å². The van der Waals surface area contributed by atoms with E-state index in [1.807, 2.05) is 20.0 Å². The summed E-state index contributed by atoms with van der Waals surface area (Å²) in [6, 6.07) is 0.246. The Morgan fingerprint density at radius 2 is 2.17 bits per heavy atom. The normalized spacial score (nSPS) is 20.4. The Kier molecular flexibility index (Phi) is 5.18. The standard InChI is InChI=1S/C17H26N4O3/c1-3-24-11-16(23)21-8-7-20-10-14(19-17(20)12(21)2)9-15(22)18-13-5-4-6-13/h10,12-13H,3-9,11H2,1-2H3,(H,18,22). The summed E-state index contributed by atoms with van der Waals surface area (Å²) >= 11 is 0. The molecule has 7 nitrogen and oxygen atoms in total. The number of rotatable bonds is 6. The fourth-order valence-electron chi connectivity index (χ4n) is 3.24. The van der Waals surface area contributed by atoms with E-state index in [1.54, 1.807) is 4.90 Å². The molecule has 1 fully saturated rings. The van der Waals surface area contributed by atoms with E-state index in [-0.39, 0.29) is 24.5 Å². The predicted octanol–water partition coefficient (Wildman–Crippen LogP) is 1.03. The monoisotopic (exact) mass is 334 g/mol. The van der Waals surface area contributed by atoms with E-state index in [0.717, 1.165) is 24.4 Å². The molecule has 1 saturated carbocycles. The lowest BCUT2D eigenvalue weighted by atomic mass is 9.93. The van der Waals surface area contributed by atoms with E-state index in [2.05, 4.69) is 14.9 Å². The lowest BCUT2D eigenvalue weighted by Crippen LogP contribution is -2.42. The number of hydrogen-bond acceptors (Lipinski definition) is 4. The van der Waals surface area contributed by atoms with Crippen LogP contribution in [0.15, 0.2) is 6.20 Å². The maximum Gasteiger partial charge on any atom is 0.249 e. The van der Waals surface area contributed by atoms with Gasteiger partial charge in [-0.05, 0) is 33.1 Å². The lowest BCUT2D eigenvalue weighted by molar-refractivity contribution is -0.139. The summed E-state index contributed by atoms with van der Waals surface area (Å²) in [7, 11) is 0. The van der Waals surface area contributed by atoms with Gasteiger partial charge >= 0.3 is 0 Å². The van der Waals surface area contributed by atoms with Crippen LogP contribution in [0.4, 0.5) is 0 Å². The van der Waals surface area contributed by atoms with Gasteiger partial charge in [0.1, 0.15) is 12.4 Å². The van der Waals surface area contributed by atoms with E-state index in [4.69, 9.17) is 4.74 Å². The summed E-state index contributed by atoms with van der Waals surface area (Å²) in [6.45, 7) is 5.83. The summed E-state index contributed by atoms with van der Waals surface area (Å²) < 4.78 is 7.28. The van der Waals surface area contributed by atoms with Gasteiger partial charge in [0, 0.05) is 31.9 Å². The van der Waals surface area contributed by atoms with Crippen molar-refractivity contribution in [2.24, 2.45) is 0 Å². The molecule has 0 spiro atoms. The second kappa shape index (κ2) is 7.34. The molecule has 1 aliphatic heterocycles. The minimum Gasteiger partial charge on any atom is -0.372 e. The average molecular weight is 334 g/mol. The Morgan fingerprint density at radius 3 is 2.83 bits per heavy atom. The molecule has 1 aromatic rings. The molecule has 3 rings (SSSR count). The van der Waals surface area contributed by atoms with Crippen LogP contribution in [0.3, 0.4) is 0 Å². The van der Waals surface area contributed by atoms with Crippen molar-refractivity contribution in [3.63, 3.8) is 0 Å². The fraction of sp³-hybridized carbons (Fsp3) is 0.706. The van der Waals surface area contributed by atoms with Gasteiger partial charge in [-0.15, -0.1) is 0 Å². The largest absolute Gasteiger partial charge is 0.372 e. The maximum absolute atomic E-state index is 12.2. The minimum absolute atomic E-state index is 0.0112. The van der Waals surface area contributed by atoms with Gasteiger partial charge in [-0.25, -0.2) is 4.98 Å². The van der Waals surface area contributed by atoms with Crippen molar-refractivity contribution < 1.29 is 14.3 Å². The van der Waals surface area contributed by atoms with Gasteiger partial charge in [0.2, 0.25) is 11.8 Å². The highest BCUT2D eigenvalue weighted by molar-refractivity contribution is 5.79. The number of carbonyl (C=O) groups is 2. The number of aromatic nitrogens is 2. The van der Waals surface area contributed by atoms with Crippen molar-refractivity contribution in [2.75, 3.05) is 19.8 Å². The molecule has 1 N–H and O–H groups in total. The zero-order valence-electron chi connectivity index (χ0n) is 14.5. The van der Waals surface area contributed by atoms with Crippen LogP contribution >= 0.6 is 0 Å². The molecule has 1 unspecified atom stereocenters. The third-order valence-corrected chi connectivity index (χ3v) is 4.84. The van der Waals surface area contributed by atoms with Crippen LogP contribution in [-0.4, -0.2) is 52.1 Å². The molecule has 1 aromatic heterocycles. The third kappa shape index (κ3) is 3.61. The molecule has 24 heavy (non-hydrogen) atoms. The van der Waals surface area contributed by atoms with Gasteiger partial charge in [0.05, 0.1) is 18.2 Å². The molecule has 132 valence electrons. The molecule has 1 aliphatic carbocycles. The highest BCUT2D eigenvalue weighted by Crippen LogP contribution is 2.25. The Balaban J connectivity index is 1.62. The number of nitrogens with zero attached hydrogens (tertiary/aromatic N) is 3. The van der Waals surface area contributed by atoms with Gasteiger partial charge in [-0.1, -0.05) is 0 Å². The molecule has 0 saturated heterocycles. The topological polar surface area (TPSA) is 76.5 Å². The summed E-state index contributed by atoms with van der Waals surface area (Å²) in [5, 5.41) is 3.04. The van der Waals surface area contributed by atoms with E-state index in [9.17, 15) is 9.59 Å². The number of fused-ring (bicyclic) bond motifs is 1. The van der Waals surface area contributed by atoms with Gasteiger partial charge < -0.3 is 19.5 Å². The smallest absolute Gasteiger partial charge is 0.249 e. The number of imidazole rings is 1. The SMILES string of the molecule is CCOCC(=O)N1CCn2cc(CC(=O)NC3CCC3)nc2C1C. The molecule has 7 heteroatoms. The van der Waals surface area contributed by atoms with Gasteiger partial charge in [0.15, 0.2) is 0 Å². The number of carbonyl (C=O) groups excluding carboxylic acids is 2. The second-order valence-electron chi connectivity index (χ2n) is 6.56. The van der Waals surface area contributed by atoms with Crippen molar-refractivity contribution in [1.29, 1.82) is 0 Å². The molecule has 2 heterocycles. The van der Waals surface area contributed by atoms with E-state index in [0.29, 0.717) is 32.2 Å². The van der Waals surface area contributed by atoms with Crippen molar-refractivity contribution >= 4 is 11.8 Å². The summed E-state index contributed by atoms with van der Waals surface area (Å²) in [4.78, 5) is 30.7. The van der Waals surface area contributed by atoms with E-state index < -0.39 is 0 Å². The lowest BCUT2D eigenvalue weighted by Gasteiger charge is -2.33. The van der Waals surface area contributed by atoms with Crippen LogP contribution in [0.1, 0.15) is 50.7 Å². The van der Waals surface area contributed by atoms with Gasteiger partial charge in [-0.2, -0.15) is 0 Å². The van der Waals surface area contributed by atoms with Gasteiger partial charge in [0.25, 0.3) is 0 Å². The molecular formula is C17H26N4O3. The average Bonchev–Trinajstić information content (AvgIpc) is 2.92. The van der Waals surface area contributed by atoms with Crippen LogP contribution in [0, 0.1) is 0 Å². The Morgan fingerprint density at radius 1 is 1.38 bits per heavy atom. The highest BCUT2D eigenvalue weighted by atomic mass is 16.5. The molecule has 0 bridgehead atoms. The predicted molar refractivity (Wildman–Crippen MR) is 88.3 cm³/mol. The summed E-state index contributed by atoms with van der Waals surface area (Å²) in [5.74, 6) is 0.868. The molecular weight excluding hydrogens is 308 g/mol. The third-order valence-electron chi connectivity index (χ3n) is 4.84. The molecule has 0 aromatic carbocycles. The number of nitrogens with one attached hydrogen (secondary N) is 1. The number of amides is 2. The van der Waals surface area contributed by atoms with Crippen molar-refractivity contribution in [1.82, 2.24) is 19.8 Å². The van der Waals surface area contributed by atoms with Crippen LogP contribution in [0.2, 0.25) is 0 Å². The van der Waals surface area contributed by atoms with Crippen molar-refractivity contribution in [3.8, 4) is 0 Å². The first-order chi connectivity index (χ1) is 11.6. The Hall–Kier alpha value is -1.89. The first-order valence-electron chi connectivity index (χ1n) is 8.81. The zero-order chi connectivity index (χ0) is 17.1. The minimum atomic E-state index is -0.102. The van der Waals surface area contributed by atoms with E-state index >= 15 is 0 Å². The summed E-state index contributed by atoms with van der Waals surface area (Å²) in [6.07, 6.45) is 5.61. The molecule has 0 radical (unpaired) electrons. The van der Waals surface area contributed by atoms with Crippen molar-refractivity contribution in [3.05, 3.63) is 17.7 Å². The Bertz CT molecular complexity index is 609. The number of hydrogen-bond donors (Lipinski definition) is 1. The Labute approximate surface area is 142 Å². The van der Waals surface area contributed by atoms with E-state index in [1.165, 1.54) is 6.42 Å².